The summed E-state index contributed by atoms with van der Waals surface area (Å²) >= 11 is 0. The molecule has 0 fully saturated rings. The van der Waals surface area contributed by atoms with Gasteiger partial charge in [0, 0.05) is 12.1 Å². The maximum absolute atomic E-state index is 12.2. The zero-order valence-corrected chi connectivity index (χ0v) is 15.3. The van der Waals surface area contributed by atoms with Crippen molar-refractivity contribution >= 4 is 27.4 Å². The van der Waals surface area contributed by atoms with Crippen molar-refractivity contribution in [3.63, 3.8) is 0 Å². The van der Waals surface area contributed by atoms with Crippen LogP contribution in [0.1, 0.15) is 30.1 Å². The quantitative estimate of drug-likeness (QED) is 0.716. The van der Waals surface area contributed by atoms with Crippen molar-refractivity contribution < 1.29 is 22.7 Å². The van der Waals surface area contributed by atoms with Crippen LogP contribution in [-0.4, -0.2) is 32.7 Å². The Morgan fingerprint density at radius 2 is 1.65 bits per heavy atom. The number of ether oxygens (including phenoxy) is 1. The zero-order chi connectivity index (χ0) is 19.0. The van der Waals surface area contributed by atoms with E-state index in [1.54, 1.807) is 42.5 Å². The molecule has 0 aliphatic carbocycles. The normalized spacial score (nSPS) is 11.0. The summed E-state index contributed by atoms with van der Waals surface area (Å²) < 4.78 is 29.4. The molecule has 0 saturated carbocycles. The Labute approximate surface area is 153 Å². The van der Waals surface area contributed by atoms with Crippen molar-refractivity contribution in [2.24, 2.45) is 0 Å². The van der Waals surface area contributed by atoms with Gasteiger partial charge >= 0.3 is 5.97 Å². The topological polar surface area (TPSA) is 89.5 Å². The summed E-state index contributed by atoms with van der Waals surface area (Å²) in [6.07, 6.45) is 0.587. The highest BCUT2D eigenvalue weighted by Gasteiger charge is 2.16. The molecule has 0 bridgehead atoms. The van der Waals surface area contributed by atoms with Gasteiger partial charge in [0.2, 0.25) is 5.91 Å². The van der Waals surface area contributed by atoms with Gasteiger partial charge in [0.1, 0.15) is 0 Å². The number of amides is 1. The van der Waals surface area contributed by atoms with Crippen molar-refractivity contribution in [2.75, 3.05) is 17.7 Å². The van der Waals surface area contributed by atoms with E-state index >= 15 is 0 Å². The van der Waals surface area contributed by atoms with Crippen LogP contribution in [-0.2, 0) is 19.4 Å². The summed E-state index contributed by atoms with van der Waals surface area (Å²) in [6, 6.07) is 14.3. The van der Waals surface area contributed by atoms with Crippen LogP contribution in [0.4, 0.5) is 5.69 Å². The third-order valence-corrected chi connectivity index (χ3v) is 5.27. The minimum atomic E-state index is -3.50. The van der Waals surface area contributed by atoms with Crippen molar-refractivity contribution in [1.82, 2.24) is 0 Å². The van der Waals surface area contributed by atoms with E-state index in [2.05, 4.69) is 5.32 Å². The van der Waals surface area contributed by atoms with Gasteiger partial charge < -0.3 is 10.1 Å². The Bertz CT molecular complexity index is 845. The Morgan fingerprint density at radius 3 is 2.27 bits per heavy atom. The molecule has 2 rings (SSSR count). The number of rotatable bonds is 8. The number of hydrogen-bond donors (Lipinski definition) is 1. The maximum atomic E-state index is 12.2. The van der Waals surface area contributed by atoms with Crippen LogP contribution >= 0.6 is 0 Å². The molecular weight excluding hydrogens is 354 g/mol. The predicted octanol–water partition coefficient (Wildman–Crippen LogP) is 3.06. The summed E-state index contributed by atoms with van der Waals surface area (Å²) in [6.45, 7) is 2.26. The first kappa shape index (κ1) is 19.7. The highest BCUT2D eigenvalue weighted by Crippen LogP contribution is 2.13. The van der Waals surface area contributed by atoms with Gasteiger partial charge in [-0.15, -0.1) is 0 Å². The van der Waals surface area contributed by atoms with Crippen LogP contribution in [0.5, 0.6) is 0 Å². The molecule has 0 atom stereocenters. The molecule has 6 nitrogen and oxygen atoms in total. The number of anilines is 1. The summed E-state index contributed by atoms with van der Waals surface area (Å²) in [5, 5.41) is 2.62. The number of nitrogens with one attached hydrogen (secondary N) is 1. The van der Waals surface area contributed by atoms with Crippen molar-refractivity contribution in [2.45, 2.75) is 24.7 Å². The molecule has 1 N–H and O–H groups in total. The van der Waals surface area contributed by atoms with Gasteiger partial charge in [-0.3, -0.25) is 4.79 Å². The SMILES string of the molecule is CCCOC(=O)c1ccc(NC(=O)CCS(=O)(=O)c2ccccc2)cc1. The number of carbonyl (C=O) groups is 2. The van der Waals surface area contributed by atoms with Crippen LogP contribution in [0.25, 0.3) is 0 Å². The van der Waals surface area contributed by atoms with Gasteiger partial charge in [-0.2, -0.15) is 0 Å². The lowest BCUT2D eigenvalue weighted by atomic mass is 10.2. The second-order valence-electron chi connectivity index (χ2n) is 5.64. The number of hydrogen-bond acceptors (Lipinski definition) is 5. The fourth-order valence-electron chi connectivity index (χ4n) is 2.16. The Morgan fingerprint density at radius 1 is 1.00 bits per heavy atom. The molecule has 0 aliphatic heterocycles. The lowest BCUT2D eigenvalue weighted by Crippen LogP contribution is -2.17. The molecular formula is C19H21NO5S. The first-order valence-corrected chi connectivity index (χ1v) is 9.92. The number of sulfone groups is 1. The molecule has 0 aromatic heterocycles. The molecule has 2 aromatic rings. The van der Waals surface area contributed by atoms with E-state index in [1.807, 2.05) is 6.92 Å². The molecule has 138 valence electrons. The van der Waals surface area contributed by atoms with Gasteiger partial charge in [-0.25, -0.2) is 13.2 Å². The second-order valence-corrected chi connectivity index (χ2v) is 7.75. The van der Waals surface area contributed by atoms with Crippen molar-refractivity contribution in [1.29, 1.82) is 0 Å². The smallest absolute Gasteiger partial charge is 0.338 e. The Hall–Kier alpha value is -2.67. The second kappa shape index (κ2) is 9.15. The minimum absolute atomic E-state index is 0.155. The largest absolute Gasteiger partial charge is 0.462 e. The first-order valence-electron chi connectivity index (χ1n) is 8.27. The van der Waals surface area contributed by atoms with E-state index < -0.39 is 21.7 Å². The first-order chi connectivity index (χ1) is 12.4. The van der Waals surface area contributed by atoms with E-state index in [-0.39, 0.29) is 17.1 Å². The fraction of sp³-hybridized carbons (Fsp3) is 0.263. The van der Waals surface area contributed by atoms with Crippen LogP contribution in [0.3, 0.4) is 0 Å². The van der Waals surface area contributed by atoms with Crippen molar-refractivity contribution in [3.8, 4) is 0 Å². The third-order valence-electron chi connectivity index (χ3n) is 3.54. The van der Waals surface area contributed by atoms with Gasteiger partial charge in [-0.1, -0.05) is 25.1 Å². The third kappa shape index (κ3) is 5.70. The maximum Gasteiger partial charge on any atom is 0.338 e. The average Bonchev–Trinajstić information content (AvgIpc) is 2.66. The Kier molecular flexibility index (Phi) is 6.91. The van der Waals surface area contributed by atoms with Crippen LogP contribution in [0, 0.1) is 0 Å². The lowest BCUT2D eigenvalue weighted by molar-refractivity contribution is -0.115. The molecule has 2 aromatic carbocycles. The van der Waals surface area contributed by atoms with E-state index in [0.29, 0.717) is 17.9 Å². The number of esters is 1. The summed E-state index contributed by atoms with van der Waals surface area (Å²) in [4.78, 5) is 23.9. The van der Waals surface area contributed by atoms with Crippen LogP contribution in [0.2, 0.25) is 0 Å². The molecule has 0 spiro atoms. The Balaban J connectivity index is 1.89. The van der Waals surface area contributed by atoms with Crippen LogP contribution in [0.15, 0.2) is 59.5 Å². The monoisotopic (exact) mass is 375 g/mol. The average molecular weight is 375 g/mol. The summed E-state index contributed by atoms with van der Waals surface area (Å²) in [5.74, 6) is -1.10. The molecule has 0 radical (unpaired) electrons. The molecule has 7 heteroatoms. The minimum Gasteiger partial charge on any atom is -0.462 e. The molecule has 0 unspecified atom stereocenters. The summed E-state index contributed by atoms with van der Waals surface area (Å²) in [7, 11) is -3.50. The fourth-order valence-corrected chi connectivity index (χ4v) is 3.43. The zero-order valence-electron chi connectivity index (χ0n) is 14.5. The highest BCUT2D eigenvalue weighted by atomic mass is 32.2. The molecule has 0 saturated heterocycles. The van der Waals surface area contributed by atoms with E-state index in [0.717, 1.165) is 6.42 Å². The van der Waals surface area contributed by atoms with Crippen LogP contribution < -0.4 is 5.32 Å². The van der Waals surface area contributed by atoms with Gasteiger partial charge in [0.25, 0.3) is 0 Å². The highest BCUT2D eigenvalue weighted by molar-refractivity contribution is 7.91. The molecule has 1 amide bonds. The van der Waals surface area contributed by atoms with Gasteiger partial charge in [0.15, 0.2) is 9.84 Å². The number of benzene rings is 2. The number of carbonyl (C=O) groups excluding carboxylic acids is 2. The standard InChI is InChI=1S/C19H21NO5S/c1-2-13-25-19(22)15-8-10-16(11-9-15)20-18(21)12-14-26(23,24)17-6-4-3-5-7-17/h3-11H,2,12-14H2,1H3,(H,20,21). The molecule has 0 aliphatic rings. The molecule has 0 heterocycles. The van der Waals surface area contributed by atoms with E-state index in [1.165, 1.54) is 12.1 Å². The predicted molar refractivity (Wildman–Crippen MR) is 98.8 cm³/mol. The molecule has 26 heavy (non-hydrogen) atoms. The van der Waals surface area contributed by atoms with Crippen molar-refractivity contribution in [3.05, 3.63) is 60.2 Å². The van der Waals surface area contributed by atoms with Gasteiger partial charge in [-0.05, 0) is 42.8 Å². The van der Waals surface area contributed by atoms with Gasteiger partial charge in [0.05, 0.1) is 22.8 Å². The van der Waals surface area contributed by atoms with E-state index in [9.17, 15) is 18.0 Å². The lowest BCUT2D eigenvalue weighted by Gasteiger charge is -2.07. The summed E-state index contributed by atoms with van der Waals surface area (Å²) in [5.41, 5.74) is 0.877. The van der Waals surface area contributed by atoms with E-state index in [4.69, 9.17) is 4.74 Å².